The molecule has 0 atom stereocenters. The van der Waals surface area contributed by atoms with Crippen molar-refractivity contribution in [2.24, 2.45) is 7.05 Å². The molecule has 3 aromatic rings. The third-order valence-electron chi connectivity index (χ3n) is 3.16. The predicted octanol–water partition coefficient (Wildman–Crippen LogP) is 4.20. The zero-order valence-electron chi connectivity index (χ0n) is 10.3. The van der Waals surface area contributed by atoms with E-state index < -0.39 is 0 Å². The molecule has 0 spiro atoms. The Morgan fingerprint density at radius 2 is 1.94 bits per heavy atom. The first-order valence-corrected chi connectivity index (χ1v) is 6.22. The fraction of sp³-hybridized carbons (Fsp3) is 0.133. The summed E-state index contributed by atoms with van der Waals surface area (Å²) in [5, 5.41) is 0.752. The molecular weight excluding hydrogens is 244 g/mol. The van der Waals surface area contributed by atoms with Crippen LogP contribution in [-0.2, 0) is 7.05 Å². The summed E-state index contributed by atoms with van der Waals surface area (Å²) in [5.74, 6) is 0. The quantitative estimate of drug-likeness (QED) is 0.638. The van der Waals surface area contributed by atoms with E-state index in [0.717, 1.165) is 33.0 Å². The molecule has 0 unspecified atom stereocenters. The maximum atomic E-state index is 6.05. The highest BCUT2D eigenvalue weighted by Crippen LogP contribution is 2.27. The van der Waals surface area contributed by atoms with Gasteiger partial charge in [-0.2, -0.15) is 0 Å². The number of benzene rings is 1. The van der Waals surface area contributed by atoms with Crippen LogP contribution < -0.4 is 0 Å². The number of hydrogen-bond acceptors (Lipinski definition) is 1. The molecule has 1 aromatic carbocycles. The van der Waals surface area contributed by atoms with Gasteiger partial charge in [-0.25, -0.2) is 0 Å². The van der Waals surface area contributed by atoms with Crippen LogP contribution in [-0.4, -0.2) is 9.55 Å². The van der Waals surface area contributed by atoms with E-state index in [2.05, 4.69) is 34.8 Å². The van der Waals surface area contributed by atoms with Crippen LogP contribution in [0.15, 0.2) is 42.5 Å². The normalized spacial score (nSPS) is 11.1. The molecule has 2 aromatic heterocycles. The number of aromatic nitrogens is 2. The van der Waals surface area contributed by atoms with Crippen LogP contribution in [0.5, 0.6) is 0 Å². The van der Waals surface area contributed by atoms with E-state index in [9.17, 15) is 0 Å². The Morgan fingerprint density at radius 1 is 1.11 bits per heavy atom. The van der Waals surface area contributed by atoms with Gasteiger partial charge in [-0.3, -0.25) is 4.98 Å². The Kier molecular flexibility index (Phi) is 2.60. The van der Waals surface area contributed by atoms with Crippen molar-refractivity contribution in [1.82, 2.24) is 9.55 Å². The first kappa shape index (κ1) is 11.3. The van der Waals surface area contributed by atoms with Crippen LogP contribution in [0.2, 0.25) is 5.02 Å². The summed E-state index contributed by atoms with van der Waals surface area (Å²) in [6.45, 7) is 2.01. The molecule has 0 saturated carbocycles. The van der Waals surface area contributed by atoms with E-state index >= 15 is 0 Å². The third-order valence-corrected chi connectivity index (χ3v) is 3.39. The molecule has 0 radical (unpaired) electrons. The fourth-order valence-corrected chi connectivity index (χ4v) is 2.43. The van der Waals surface area contributed by atoms with Gasteiger partial charge in [0.05, 0.1) is 16.7 Å². The van der Waals surface area contributed by atoms with Gasteiger partial charge in [0.15, 0.2) is 0 Å². The highest BCUT2D eigenvalue weighted by molar-refractivity contribution is 6.30. The predicted molar refractivity (Wildman–Crippen MR) is 75.9 cm³/mol. The van der Waals surface area contributed by atoms with E-state index in [4.69, 9.17) is 11.6 Å². The van der Waals surface area contributed by atoms with Gasteiger partial charge in [0.25, 0.3) is 0 Å². The van der Waals surface area contributed by atoms with Crippen molar-refractivity contribution < 1.29 is 0 Å². The summed E-state index contributed by atoms with van der Waals surface area (Å²) in [6, 6.07) is 14.1. The molecule has 0 N–H and O–H groups in total. The van der Waals surface area contributed by atoms with Crippen molar-refractivity contribution in [1.29, 1.82) is 0 Å². The molecule has 90 valence electrons. The van der Waals surface area contributed by atoms with Crippen molar-refractivity contribution in [2.75, 3.05) is 0 Å². The Balaban J connectivity index is 2.27. The van der Waals surface area contributed by atoms with Gasteiger partial charge in [0, 0.05) is 17.8 Å². The molecule has 0 aliphatic heterocycles. The van der Waals surface area contributed by atoms with Gasteiger partial charge in [-0.05, 0) is 42.8 Å². The molecule has 3 heteroatoms. The second-order valence-corrected chi connectivity index (χ2v) is 4.89. The van der Waals surface area contributed by atoms with Gasteiger partial charge < -0.3 is 4.57 Å². The van der Waals surface area contributed by atoms with E-state index in [-0.39, 0.29) is 0 Å². The largest absolute Gasteiger partial charge is 0.342 e. The van der Waals surface area contributed by atoms with Crippen LogP contribution in [0.3, 0.4) is 0 Å². The summed E-state index contributed by atoms with van der Waals surface area (Å²) in [4.78, 5) is 4.55. The standard InChI is InChI=1S/C15H13ClN2/c1-10-6-7-14-13(17-10)9-15(18(14)2)11-4-3-5-12(16)8-11/h3-9H,1-2H3. The molecule has 2 nitrogen and oxygen atoms in total. The van der Waals surface area contributed by atoms with Crippen LogP contribution >= 0.6 is 11.6 Å². The van der Waals surface area contributed by atoms with Gasteiger partial charge >= 0.3 is 0 Å². The summed E-state index contributed by atoms with van der Waals surface area (Å²) in [6.07, 6.45) is 0. The van der Waals surface area contributed by atoms with Gasteiger partial charge in [0.2, 0.25) is 0 Å². The SMILES string of the molecule is Cc1ccc2c(cc(-c3cccc(Cl)c3)n2C)n1. The smallest absolute Gasteiger partial charge is 0.0890 e. The van der Waals surface area contributed by atoms with Crippen molar-refractivity contribution >= 4 is 22.6 Å². The van der Waals surface area contributed by atoms with Crippen molar-refractivity contribution in [3.05, 3.63) is 53.2 Å². The Labute approximate surface area is 111 Å². The number of halogens is 1. The zero-order chi connectivity index (χ0) is 12.7. The van der Waals surface area contributed by atoms with E-state index in [0.29, 0.717) is 0 Å². The Morgan fingerprint density at radius 3 is 2.72 bits per heavy atom. The number of fused-ring (bicyclic) bond motifs is 1. The Bertz CT molecular complexity index is 728. The van der Waals surface area contributed by atoms with Crippen LogP contribution in [0.1, 0.15) is 5.69 Å². The minimum atomic E-state index is 0.752. The number of hydrogen-bond donors (Lipinski definition) is 0. The van der Waals surface area contributed by atoms with E-state index in [1.165, 1.54) is 0 Å². The molecular formula is C15H13ClN2. The van der Waals surface area contributed by atoms with Gasteiger partial charge in [0.1, 0.15) is 0 Å². The molecule has 0 bridgehead atoms. The highest BCUT2D eigenvalue weighted by atomic mass is 35.5. The van der Waals surface area contributed by atoms with Gasteiger partial charge in [-0.15, -0.1) is 0 Å². The second kappa shape index (κ2) is 4.14. The molecule has 0 amide bonds. The average molecular weight is 257 g/mol. The summed E-state index contributed by atoms with van der Waals surface area (Å²) < 4.78 is 2.15. The fourth-order valence-electron chi connectivity index (χ4n) is 2.24. The first-order chi connectivity index (χ1) is 8.65. The Hall–Kier alpha value is -1.80. The van der Waals surface area contributed by atoms with Crippen LogP contribution in [0.25, 0.3) is 22.3 Å². The average Bonchev–Trinajstić information content (AvgIpc) is 2.66. The lowest BCUT2D eigenvalue weighted by atomic mass is 10.1. The van der Waals surface area contributed by atoms with E-state index in [1.807, 2.05) is 31.2 Å². The van der Waals surface area contributed by atoms with Crippen molar-refractivity contribution in [3.63, 3.8) is 0 Å². The summed E-state index contributed by atoms with van der Waals surface area (Å²) in [7, 11) is 2.05. The lowest BCUT2D eigenvalue weighted by Gasteiger charge is -2.04. The molecule has 0 aliphatic rings. The minimum Gasteiger partial charge on any atom is -0.342 e. The molecule has 3 rings (SSSR count). The lowest BCUT2D eigenvalue weighted by molar-refractivity contribution is 0.976. The van der Waals surface area contributed by atoms with E-state index in [1.54, 1.807) is 0 Å². The van der Waals surface area contributed by atoms with Crippen molar-refractivity contribution in [3.8, 4) is 11.3 Å². The maximum Gasteiger partial charge on any atom is 0.0890 e. The summed E-state index contributed by atoms with van der Waals surface area (Å²) in [5.41, 5.74) is 5.43. The lowest BCUT2D eigenvalue weighted by Crippen LogP contribution is -1.91. The van der Waals surface area contributed by atoms with Crippen LogP contribution in [0, 0.1) is 6.92 Å². The second-order valence-electron chi connectivity index (χ2n) is 4.46. The molecule has 0 saturated heterocycles. The monoisotopic (exact) mass is 256 g/mol. The highest BCUT2D eigenvalue weighted by Gasteiger charge is 2.08. The summed E-state index contributed by atoms with van der Waals surface area (Å²) >= 11 is 6.05. The molecule has 0 fully saturated rings. The number of pyridine rings is 1. The zero-order valence-corrected chi connectivity index (χ0v) is 11.1. The first-order valence-electron chi connectivity index (χ1n) is 5.84. The number of aryl methyl sites for hydroxylation is 2. The molecule has 0 aliphatic carbocycles. The van der Waals surface area contributed by atoms with Crippen molar-refractivity contribution in [2.45, 2.75) is 6.92 Å². The number of nitrogens with zero attached hydrogens (tertiary/aromatic N) is 2. The minimum absolute atomic E-state index is 0.752. The number of rotatable bonds is 1. The topological polar surface area (TPSA) is 17.8 Å². The molecule has 18 heavy (non-hydrogen) atoms. The van der Waals surface area contributed by atoms with Crippen LogP contribution in [0.4, 0.5) is 0 Å². The maximum absolute atomic E-state index is 6.05. The third kappa shape index (κ3) is 1.79. The molecule has 2 heterocycles. The van der Waals surface area contributed by atoms with Gasteiger partial charge in [-0.1, -0.05) is 23.7 Å².